The number of unbranched alkanes of at least 4 members (excludes halogenated alkanes) is 3. The third-order valence-electron chi connectivity index (χ3n) is 4.37. The summed E-state index contributed by atoms with van der Waals surface area (Å²) >= 11 is 0. The van der Waals surface area contributed by atoms with Gasteiger partial charge >= 0.3 is 5.97 Å². The number of rotatable bonds is 11. The predicted octanol–water partition coefficient (Wildman–Crippen LogP) is 3.93. The van der Waals surface area contributed by atoms with Crippen LogP contribution in [0.3, 0.4) is 0 Å². The van der Waals surface area contributed by atoms with Gasteiger partial charge in [0.25, 0.3) is 0 Å². The molecule has 0 aliphatic heterocycles. The molecule has 2 unspecified atom stereocenters. The van der Waals surface area contributed by atoms with Crippen molar-refractivity contribution in [2.24, 2.45) is 11.8 Å². The van der Waals surface area contributed by atoms with Crippen LogP contribution >= 0.6 is 0 Å². The van der Waals surface area contributed by atoms with E-state index in [1.54, 1.807) is 6.08 Å². The van der Waals surface area contributed by atoms with E-state index in [1.165, 1.54) is 0 Å². The highest BCUT2D eigenvalue weighted by atomic mass is 16.4. The van der Waals surface area contributed by atoms with Gasteiger partial charge < -0.3 is 5.11 Å². The van der Waals surface area contributed by atoms with E-state index in [4.69, 9.17) is 5.11 Å². The van der Waals surface area contributed by atoms with Gasteiger partial charge in [-0.3, -0.25) is 14.4 Å². The van der Waals surface area contributed by atoms with Gasteiger partial charge in [-0.25, -0.2) is 0 Å². The average Bonchev–Trinajstić information content (AvgIpc) is 2.83. The van der Waals surface area contributed by atoms with Gasteiger partial charge in [-0.2, -0.15) is 0 Å². The zero-order valence-electron chi connectivity index (χ0n) is 13.6. The molecule has 0 aromatic heterocycles. The third-order valence-corrected chi connectivity index (χ3v) is 4.37. The van der Waals surface area contributed by atoms with E-state index in [1.807, 2.05) is 6.08 Å². The summed E-state index contributed by atoms with van der Waals surface area (Å²) in [5, 5.41) is 8.60. The highest BCUT2D eigenvalue weighted by molar-refractivity contribution is 5.90. The first-order valence-corrected chi connectivity index (χ1v) is 8.50. The van der Waals surface area contributed by atoms with Gasteiger partial charge in [-0.05, 0) is 37.7 Å². The predicted molar refractivity (Wildman–Crippen MR) is 85.6 cm³/mol. The Balaban J connectivity index is 2.36. The van der Waals surface area contributed by atoms with Crippen molar-refractivity contribution in [1.29, 1.82) is 0 Å². The van der Waals surface area contributed by atoms with Crippen LogP contribution in [0.2, 0.25) is 0 Å². The summed E-state index contributed by atoms with van der Waals surface area (Å²) in [6, 6.07) is 0. The number of hydrogen-bond acceptors (Lipinski definition) is 3. The zero-order valence-corrected chi connectivity index (χ0v) is 13.6. The largest absolute Gasteiger partial charge is 0.481 e. The van der Waals surface area contributed by atoms with Gasteiger partial charge in [0.05, 0.1) is 0 Å². The molecular formula is C18H28O4. The molecule has 0 amide bonds. The summed E-state index contributed by atoms with van der Waals surface area (Å²) in [5.41, 5.74) is 0. The monoisotopic (exact) mass is 308 g/mol. The van der Waals surface area contributed by atoms with E-state index in [9.17, 15) is 14.4 Å². The molecule has 0 spiro atoms. The number of ketones is 2. The summed E-state index contributed by atoms with van der Waals surface area (Å²) in [6.45, 7) is 2.06. The molecule has 2 atom stereocenters. The lowest BCUT2D eigenvalue weighted by molar-refractivity contribution is -0.137. The molecule has 1 N–H and O–H groups in total. The second-order valence-corrected chi connectivity index (χ2v) is 6.20. The maximum atomic E-state index is 12.0. The number of aliphatic carboxylic acids is 1. The van der Waals surface area contributed by atoms with E-state index in [0.717, 1.165) is 38.5 Å². The molecule has 124 valence electrons. The number of hydrogen-bond donors (Lipinski definition) is 1. The van der Waals surface area contributed by atoms with Crippen LogP contribution in [0.5, 0.6) is 0 Å². The number of carboxylic acid groups (broad SMARTS) is 1. The first-order chi connectivity index (χ1) is 10.5. The van der Waals surface area contributed by atoms with E-state index in [0.29, 0.717) is 25.0 Å². The molecule has 1 fully saturated rings. The van der Waals surface area contributed by atoms with Crippen molar-refractivity contribution in [2.75, 3.05) is 0 Å². The maximum Gasteiger partial charge on any atom is 0.303 e. The Morgan fingerprint density at radius 1 is 1.18 bits per heavy atom. The highest BCUT2D eigenvalue weighted by Gasteiger charge is 2.32. The Morgan fingerprint density at radius 3 is 2.64 bits per heavy atom. The van der Waals surface area contributed by atoms with Crippen LogP contribution in [-0.4, -0.2) is 22.6 Å². The maximum absolute atomic E-state index is 12.0. The van der Waals surface area contributed by atoms with Crippen LogP contribution in [0, 0.1) is 11.8 Å². The van der Waals surface area contributed by atoms with Gasteiger partial charge in [0.2, 0.25) is 0 Å². The quantitative estimate of drug-likeness (QED) is 0.463. The van der Waals surface area contributed by atoms with Gasteiger partial charge in [0.15, 0.2) is 5.78 Å². The minimum absolute atomic E-state index is 0.0278. The first kappa shape index (κ1) is 18.6. The molecular weight excluding hydrogens is 280 g/mol. The normalized spacial score (nSPS) is 21.6. The molecule has 0 aromatic rings. The van der Waals surface area contributed by atoms with Crippen molar-refractivity contribution < 1.29 is 19.5 Å². The standard InChI is InChI=1S/C18H28O4/c1-2-3-7-15(19)12-10-14-11-13-17(20)16(14)8-5-4-6-9-18(21)22/h10,12,14,16H,2-9,11,13H2,1H3,(H,21,22)/b12-10+. The van der Waals surface area contributed by atoms with Crippen LogP contribution < -0.4 is 0 Å². The molecule has 1 aliphatic rings. The van der Waals surface area contributed by atoms with Crippen molar-refractivity contribution in [1.82, 2.24) is 0 Å². The van der Waals surface area contributed by atoms with Crippen molar-refractivity contribution >= 4 is 17.5 Å². The molecule has 1 saturated carbocycles. The molecule has 0 heterocycles. The number of Topliss-reactive ketones (excluding diaryl/α,β-unsaturated/α-hetero) is 1. The lowest BCUT2D eigenvalue weighted by Crippen LogP contribution is -2.13. The van der Waals surface area contributed by atoms with E-state index < -0.39 is 5.97 Å². The Labute approximate surface area is 133 Å². The van der Waals surface area contributed by atoms with Crippen LogP contribution in [0.25, 0.3) is 0 Å². The Bertz CT molecular complexity index is 411. The topological polar surface area (TPSA) is 71.4 Å². The summed E-state index contributed by atoms with van der Waals surface area (Å²) < 4.78 is 0. The van der Waals surface area contributed by atoms with Crippen molar-refractivity contribution in [3.05, 3.63) is 12.2 Å². The zero-order chi connectivity index (χ0) is 16.4. The molecule has 0 saturated heterocycles. The number of allylic oxidation sites excluding steroid dienone is 2. The SMILES string of the molecule is CCCCC(=O)/C=C/C1CCC(=O)C1CCCCCC(=O)O. The smallest absolute Gasteiger partial charge is 0.303 e. The molecule has 22 heavy (non-hydrogen) atoms. The molecule has 4 heteroatoms. The Morgan fingerprint density at radius 2 is 1.95 bits per heavy atom. The van der Waals surface area contributed by atoms with Crippen LogP contribution in [0.15, 0.2) is 12.2 Å². The van der Waals surface area contributed by atoms with Crippen LogP contribution in [0.4, 0.5) is 0 Å². The minimum Gasteiger partial charge on any atom is -0.481 e. The fourth-order valence-corrected chi connectivity index (χ4v) is 3.02. The summed E-state index contributed by atoms with van der Waals surface area (Å²) in [5.74, 6) is -0.0868. The highest BCUT2D eigenvalue weighted by Crippen LogP contribution is 2.33. The van der Waals surface area contributed by atoms with E-state index in [2.05, 4.69) is 6.92 Å². The number of carbonyl (C=O) groups excluding carboxylic acids is 2. The summed E-state index contributed by atoms with van der Waals surface area (Å²) in [7, 11) is 0. The van der Waals surface area contributed by atoms with Crippen molar-refractivity contribution in [2.45, 2.75) is 71.1 Å². The lowest BCUT2D eigenvalue weighted by Gasteiger charge is -2.14. The molecule has 0 bridgehead atoms. The Kier molecular flexibility index (Phi) is 8.71. The average molecular weight is 308 g/mol. The van der Waals surface area contributed by atoms with E-state index >= 15 is 0 Å². The second kappa shape index (κ2) is 10.3. The van der Waals surface area contributed by atoms with Crippen LogP contribution in [0.1, 0.15) is 71.1 Å². The lowest BCUT2D eigenvalue weighted by atomic mass is 9.89. The van der Waals surface area contributed by atoms with Crippen molar-refractivity contribution in [3.8, 4) is 0 Å². The van der Waals surface area contributed by atoms with E-state index in [-0.39, 0.29) is 24.0 Å². The second-order valence-electron chi connectivity index (χ2n) is 6.20. The third kappa shape index (κ3) is 7.01. The molecule has 0 radical (unpaired) electrons. The molecule has 0 aromatic carbocycles. The molecule has 1 aliphatic carbocycles. The van der Waals surface area contributed by atoms with Crippen molar-refractivity contribution in [3.63, 3.8) is 0 Å². The van der Waals surface area contributed by atoms with Gasteiger partial charge in [-0.1, -0.05) is 32.3 Å². The fraction of sp³-hybridized carbons (Fsp3) is 0.722. The molecule has 1 rings (SSSR count). The summed E-state index contributed by atoms with van der Waals surface area (Å²) in [6.07, 6.45) is 11.0. The van der Waals surface area contributed by atoms with Gasteiger partial charge in [0.1, 0.15) is 5.78 Å². The van der Waals surface area contributed by atoms with Gasteiger partial charge in [-0.15, -0.1) is 0 Å². The Hall–Kier alpha value is -1.45. The fourth-order valence-electron chi connectivity index (χ4n) is 3.02. The molecule has 4 nitrogen and oxygen atoms in total. The summed E-state index contributed by atoms with van der Waals surface area (Å²) in [4.78, 5) is 34.1. The first-order valence-electron chi connectivity index (χ1n) is 8.50. The minimum atomic E-state index is -0.761. The number of carbonyl (C=O) groups is 3. The van der Waals surface area contributed by atoms with Crippen LogP contribution in [-0.2, 0) is 14.4 Å². The number of carboxylic acids is 1. The van der Waals surface area contributed by atoms with Gasteiger partial charge in [0, 0.05) is 25.2 Å².